The molecule has 3 unspecified atom stereocenters. The molecule has 0 spiro atoms. The van der Waals surface area contributed by atoms with Crippen LogP contribution in [0.1, 0.15) is 31.0 Å². The highest BCUT2D eigenvalue weighted by molar-refractivity contribution is 5.17. The van der Waals surface area contributed by atoms with Gasteiger partial charge in [0.1, 0.15) is 0 Å². The summed E-state index contributed by atoms with van der Waals surface area (Å²) in [6, 6.07) is 0.716. The number of aryl methyl sites for hydroxylation is 2. The van der Waals surface area contributed by atoms with E-state index in [1.54, 1.807) is 0 Å². The quantitative estimate of drug-likeness (QED) is 0.868. The minimum absolute atomic E-state index is 0.716. The Morgan fingerprint density at radius 2 is 2.22 bits per heavy atom. The summed E-state index contributed by atoms with van der Waals surface area (Å²) in [6.45, 7) is 7.07. The van der Waals surface area contributed by atoms with Crippen molar-refractivity contribution in [2.24, 2.45) is 13.0 Å². The molecule has 0 saturated carbocycles. The summed E-state index contributed by atoms with van der Waals surface area (Å²) in [5, 5.41) is 8.28. The van der Waals surface area contributed by atoms with Crippen LogP contribution >= 0.6 is 0 Å². The van der Waals surface area contributed by atoms with Crippen molar-refractivity contribution in [3.05, 3.63) is 17.5 Å². The van der Waals surface area contributed by atoms with Gasteiger partial charge in [-0.15, -0.1) is 0 Å². The molecule has 2 fully saturated rings. The van der Waals surface area contributed by atoms with Gasteiger partial charge in [-0.05, 0) is 38.3 Å². The first-order valence-electron chi connectivity index (χ1n) is 7.23. The number of nitrogens with one attached hydrogen (secondary N) is 1. The molecule has 0 radical (unpaired) electrons. The summed E-state index contributed by atoms with van der Waals surface area (Å²) < 4.78 is 1.94. The van der Waals surface area contributed by atoms with Crippen molar-refractivity contribution in [2.45, 2.75) is 38.8 Å². The van der Waals surface area contributed by atoms with E-state index in [2.05, 4.69) is 28.4 Å². The Bertz CT molecular complexity index is 412. The van der Waals surface area contributed by atoms with Gasteiger partial charge in [0.25, 0.3) is 0 Å². The van der Waals surface area contributed by atoms with Crippen LogP contribution in [0.3, 0.4) is 0 Å². The average molecular weight is 248 g/mol. The Balaban J connectivity index is 1.60. The maximum atomic E-state index is 4.51. The van der Waals surface area contributed by atoms with E-state index in [0.717, 1.165) is 18.9 Å². The average Bonchev–Trinajstić information content (AvgIpc) is 2.93. The molecule has 0 amide bonds. The molecule has 2 aliphatic rings. The molecular weight excluding hydrogens is 224 g/mol. The molecule has 1 N–H and O–H groups in total. The molecule has 0 aromatic carbocycles. The third kappa shape index (κ3) is 2.31. The third-order valence-electron chi connectivity index (χ3n) is 4.52. The Labute approximate surface area is 109 Å². The van der Waals surface area contributed by atoms with Crippen molar-refractivity contribution in [3.63, 3.8) is 0 Å². The molecule has 0 aliphatic carbocycles. The first-order valence-corrected chi connectivity index (χ1v) is 7.23. The number of rotatable bonds is 4. The number of piperidine rings is 1. The third-order valence-corrected chi connectivity index (χ3v) is 4.52. The van der Waals surface area contributed by atoms with Crippen molar-refractivity contribution >= 4 is 0 Å². The molecule has 2 saturated heterocycles. The molecule has 3 heterocycles. The maximum Gasteiger partial charge on any atom is 0.0666 e. The summed E-state index contributed by atoms with van der Waals surface area (Å²) in [4.78, 5) is 2.60. The Morgan fingerprint density at radius 1 is 1.39 bits per heavy atom. The standard InChI is InChI=1S/C14H24N4/c1-3-13-12(9-17(2)16-13)8-15-14-5-7-18-6-4-11(14)10-18/h9,11,14-15H,3-8,10H2,1-2H3. The zero-order valence-electron chi connectivity index (χ0n) is 11.5. The van der Waals surface area contributed by atoms with Crippen LogP contribution in [-0.2, 0) is 20.0 Å². The van der Waals surface area contributed by atoms with Gasteiger partial charge < -0.3 is 10.2 Å². The largest absolute Gasteiger partial charge is 0.309 e. The second-order valence-electron chi connectivity index (χ2n) is 5.75. The summed E-state index contributed by atoms with van der Waals surface area (Å²) >= 11 is 0. The highest BCUT2D eigenvalue weighted by Gasteiger charge is 2.33. The number of aromatic nitrogens is 2. The van der Waals surface area contributed by atoms with Gasteiger partial charge in [-0.1, -0.05) is 6.92 Å². The van der Waals surface area contributed by atoms with E-state index in [1.807, 2.05) is 11.7 Å². The van der Waals surface area contributed by atoms with Crippen molar-refractivity contribution in [1.82, 2.24) is 20.0 Å². The summed E-state index contributed by atoms with van der Waals surface area (Å²) in [5.74, 6) is 0.875. The van der Waals surface area contributed by atoms with Crippen molar-refractivity contribution < 1.29 is 0 Å². The fourth-order valence-electron chi connectivity index (χ4n) is 3.49. The highest BCUT2D eigenvalue weighted by Crippen LogP contribution is 2.27. The van der Waals surface area contributed by atoms with E-state index in [0.29, 0.717) is 6.04 Å². The van der Waals surface area contributed by atoms with Gasteiger partial charge in [0.15, 0.2) is 0 Å². The van der Waals surface area contributed by atoms with Gasteiger partial charge in [-0.25, -0.2) is 0 Å². The molecule has 4 nitrogen and oxygen atoms in total. The lowest BCUT2D eigenvalue weighted by molar-refractivity contribution is 0.220. The second-order valence-corrected chi connectivity index (χ2v) is 5.75. The SMILES string of the molecule is CCc1nn(C)cc1CNC1CCN2CCC1C2. The Hall–Kier alpha value is -0.870. The Kier molecular flexibility index (Phi) is 3.39. The predicted molar refractivity (Wildman–Crippen MR) is 72.4 cm³/mol. The van der Waals surface area contributed by atoms with Gasteiger partial charge in [0, 0.05) is 37.9 Å². The lowest BCUT2D eigenvalue weighted by Gasteiger charge is -2.31. The molecule has 18 heavy (non-hydrogen) atoms. The van der Waals surface area contributed by atoms with Gasteiger partial charge in [-0.2, -0.15) is 5.10 Å². The monoisotopic (exact) mass is 248 g/mol. The van der Waals surface area contributed by atoms with Crippen molar-refractivity contribution in [1.29, 1.82) is 0 Å². The van der Waals surface area contributed by atoms with Gasteiger partial charge in [-0.3, -0.25) is 4.68 Å². The first-order chi connectivity index (χ1) is 8.76. The summed E-state index contributed by atoms with van der Waals surface area (Å²) in [7, 11) is 2.01. The lowest BCUT2D eigenvalue weighted by Crippen LogP contribution is -2.43. The molecule has 4 heteroatoms. The minimum Gasteiger partial charge on any atom is -0.309 e. The fraction of sp³-hybridized carbons (Fsp3) is 0.786. The van der Waals surface area contributed by atoms with Crippen LogP contribution in [0.2, 0.25) is 0 Å². The summed E-state index contributed by atoms with van der Waals surface area (Å²) in [6.07, 6.45) is 5.88. The van der Waals surface area contributed by atoms with Crippen LogP contribution in [0, 0.1) is 5.92 Å². The second kappa shape index (κ2) is 5.02. The van der Waals surface area contributed by atoms with E-state index in [9.17, 15) is 0 Å². The number of nitrogens with zero attached hydrogens (tertiary/aromatic N) is 3. The Morgan fingerprint density at radius 3 is 3.06 bits per heavy atom. The number of hydrogen-bond donors (Lipinski definition) is 1. The zero-order chi connectivity index (χ0) is 12.5. The maximum absolute atomic E-state index is 4.51. The van der Waals surface area contributed by atoms with Crippen molar-refractivity contribution in [3.8, 4) is 0 Å². The van der Waals surface area contributed by atoms with Crippen LogP contribution in [-0.4, -0.2) is 40.4 Å². The van der Waals surface area contributed by atoms with Gasteiger partial charge >= 0.3 is 0 Å². The van der Waals surface area contributed by atoms with E-state index in [-0.39, 0.29) is 0 Å². The van der Waals surface area contributed by atoms with Gasteiger partial charge in [0.2, 0.25) is 0 Å². The van der Waals surface area contributed by atoms with E-state index in [1.165, 1.54) is 43.7 Å². The number of hydrogen-bond acceptors (Lipinski definition) is 3. The smallest absolute Gasteiger partial charge is 0.0666 e. The first kappa shape index (κ1) is 12.2. The molecule has 2 bridgehead atoms. The number of fused-ring (bicyclic) bond motifs is 2. The lowest BCUT2D eigenvalue weighted by atomic mass is 9.94. The van der Waals surface area contributed by atoms with E-state index < -0.39 is 0 Å². The topological polar surface area (TPSA) is 33.1 Å². The van der Waals surface area contributed by atoms with Crippen molar-refractivity contribution in [2.75, 3.05) is 19.6 Å². The minimum atomic E-state index is 0.716. The van der Waals surface area contributed by atoms with E-state index >= 15 is 0 Å². The predicted octanol–water partition coefficient (Wildman–Crippen LogP) is 1.17. The molecule has 1 aromatic rings. The van der Waals surface area contributed by atoms with E-state index in [4.69, 9.17) is 0 Å². The molecule has 3 rings (SSSR count). The van der Waals surface area contributed by atoms with Crippen LogP contribution < -0.4 is 5.32 Å². The molecule has 3 atom stereocenters. The highest BCUT2D eigenvalue weighted by atomic mass is 15.3. The molecular formula is C14H24N4. The molecule has 1 aromatic heterocycles. The zero-order valence-corrected chi connectivity index (χ0v) is 11.5. The molecule has 2 aliphatic heterocycles. The van der Waals surface area contributed by atoms with Crippen LogP contribution in [0.5, 0.6) is 0 Å². The normalized spacial score (nSPS) is 30.9. The molecule has 100 valence electrons. The summed E-state index contributed by atoms with van der Waals surface area (Å²) in [5.41, 5.74) is 2.62. The van der Waals surface area contributed by atoms with Gasteiger partial charge in [0.05, 0.1) is 5.69 Å². The fourth-order valence-corrected chi connectivity index (χ4v) is 3.49. The van der Waals surface area contributed by atoms with Crippen LogP contribution in [0.25, 0.3) is 0 Å². The van der Waals surface area contributed by atoms with Crippen LogP contribution in [0.15, 0.2) is 6.20 Å². The van der Waals surface area contributed by atoms with Crippen LogP contribution in [0.4, 0.5) is 0 Å².